The third-order valence-corrected chi connectivity index (χ3v) is 3.54. The van der Waals surface area contributed by atoms with Crippen molar-refractivity contribution in [3.05, 3.63) is 45.9 Å². The summed E-state index contributed by atoms with van der Waals surface area (Å²) in [6, 6.07) is 8.88. The van der Waals surface area contributed by atoms with Gasteiger partial charge in [0.1, 0.15) is 0 Å². The van der Waals surface area contributed by atoms with Gasteiger partial charge in [-0.3, -0.25) is 4.79 Å². The van der Waals surface area contributed by atoms with Crippen LogP contribution in [0.25, 0.3) is 11.1 Å². The summed E-state index contributed by atoms with van der Waals surface area (Å²) in [7, 11) is 0. The topological polar surface area (TPSA) is 69.1 Å². The molecule has 0 fully saturated rings. The van der Waals surface area contributed by atoms with Crippen LogP contribution in [0.3, 0.4) is 0 Å². The number of fused-ring (bicyclic) bond motifs is 3. The van der Waals surface area contributed by atoms with E-state index < -0.39 is 0 Å². The predicted octanol–water partition coefficient (Wildman–Crippen LogP) is 2.82. The summed E-state index contributed by atoms with van der Waals surface area (Å²) in [6.07, 6.45) is 0. The highest BCUT2D eigenvalue weighted by atomic mass is 79.9. The van der Waals surface area contributed by atoms with Gasteiger partial charge in [-0.15, -0.1) is 0 Å². The minimum Gasteiger partial charge on any atom is -0.399 e. The van der Waals surface area contributed by atoms with Crippen molar-refractivity contribution >= 4 is 33.1 Å². The van der Waals surface area contributed by atoms with Gasteiger partial charge in [0.05, 0.1) is 0 Å². The number of halogens is 1. The number of ketones is 1. The molecule has 0 unspecified atom stereocenters. The Kier molecular flexibility index (Phi) is 2.03. The summed E-state index contributed by atoms with van der Waals surface area (Å²) in [4.78, 5) is 12.2. The van der Waals surface area contributed by atoms with Crippen LogP contribution in [-0.2, 0) is 0 Å². The van der Waals surface area contributed by atoms with E-state index in [4.69, 9.17) is 11.5 Å². The van der Waals surface area contributed by atoms with E-state index in [2.05, 4.69) is 15.9 Å². The van der Waals surface area contributed by atoms with E-state index in [1.165, 1.54) is 0 Å². The SMILES string of the molecule is Nc1ccc2c(c1)C(=O)c1cc(N)cc(Br)c1-2. The largest absolute Gasteiger partial charge is 0.399 e. The first-order valence-electron chi connectivity index (χ1n) is 5.11. The molecule has 0 radical (unpaired) electrons. The third kappa shape index (κ3) is 1.37. The number of nitrogens with two attached hydrogens (primary N) is 2. The number of benzene rings is 2. The fraction of sp³-hybridized carbons (Fsp3) is 0. The standard InChI is InChI=1S/C13H9BrN2O/c14-11-5-7(16)4-10-12(11)8-2-1-6(15)3-9(8)13(10)17/h1-5H,15-16H2. The van der Waals surface area contributed by atoms with Crippen molar-refractivity contribution in [2.24, 2.45) is 0 Å². The van der Waals surface area contributed by atoms with Crippen molar-refractivity contribution in [3.63, 3.8) is 0 Å². The quantitative estimate of drug-likeness (QED) is 0.625. The van der Waals surface area contributed by atoms with Crippen LogP contribution >= 0.6 is 15.9 Å². The molecule has 3 rings (SSSR count). The van der Waals surface area contributed by atoms with Crippen molar-refractivity contribution in [2.45, 2.75) is 0 Å². The Bertz CT molecular complexity index is 665. The number of carbonyl (C=O) groups is 1. The van der Waals surface area contributed by atoms with Crippen LogP contribution in [0, 0.1) is 0 Å². The summed E-state index contributed by atoms with van der Waals surface area (Å²) in [5, 5.41) is 0. The molecule has 3 nitrogen and oxygen atoms in total. The molecule has 0 saturated heterocycles. The molecule has 0 amide bonds. The lowest BCUT2D eigenvalue weighted by Crippen LogP contribution is -1.97. The predicted molar refractivity (Wildman–Crippen MR) is 71.8 cm³/mol. The maximum Gasteiger partial charge on any atom is 0.194 e. The van der Waals surface area contributed by atoms with E-state index in [0.29, 0.717) is 22.5 Å². The molecule has 0 aromatic heterocycles. The average molecular weight is 289 g/mol. The van der Waals surface area contributed by atoms with Crippen molar-refractivity contribution in [3.8, 4) is 11.1 Å². The molecular weight excluding hydrogens is 280 g/mol. The first kappa shape index (κ1) is 10.4. The van der Waals surface area contributed by atoms with Crippen LogP contribution in [0.5, 0.6) is 0 Å². The summed E-state index contributed by atoms with van der Waals surface area (Å²) in [6.45, 7) is 0. The van der Waals surface area contributed by atoms with E-state index in [9.17, 15) is 4.79 Å². The van der Waals surface area contributed by atoms with Gasteiger partial charge in [0.25, 0.3) is 0 Å². The first-order valence-corrected chi connectivity index (χ1v) is 5.91. The molecule has 0 bridgehead atoms. The maximum atomic E-state index is 12.2. The summed E-state index contributed by atoms with van der Waals surface area (Å²) < 4.78 is 0.837. The van der Waals surface area contributed by atoms with Gasteiger partial charge in [-0.25, -0.2) is 0 Å². The Morgan fingerprint density at radius 3 is 2.35 bits per heavy atom. The molecule has 2 aromatic carbocycles. The molecule has 1 aliphatic rings. The molecule has 0 spiro atoms. The van der Waals surface area contributed by atoms with Gasteiger partial charge in [-0.2, -0.15) is 0 Å². The zero-order valence-electron chi connectivity index (χ0n) is 8.83. The Balaban J connectivity index is 2.39. The fourth-order valence-electron chi connectivity index (χ4n) is 2.19. The van der Waals surface area contributed by atoms with Crippen LogP contribution in [-0.4, -0.2) is 5.78 Å². The van der Waals surface area contributed by atoms with E-state index >= 15 is 0 Å². The molecule has 0 saturated carbocycles. The maximum absolute atomic E-state index is 12.2. The van der Waals surface area contributed by atoms with E-state index in [1.807, 2.05) is 6.07 Å². The molecule has 17 heavy (non-hydrogen) atoms. The van der Waals surface area contributed by atoms with Crippen LogP contribution in [0.4, 0.5) is 11.4 Å². The minimum absolute atomic E-state index is 0.0182. The highest BCUT2D eigenvalue weighted by Gasteiger charge is 2.28. The molecule has 2 aromatic rings. The van der Waals surface area contributed by atoms with Gasteiger partial charge in [0.2, 0.25) is 0 Å². The second kappa shape index (κ2) is 3.34. The highest BCUT2D eigenvalue weighted by molar-refractivity contribution is 9.10. The van der Waals surface area contributed by atoms with Gasteiger partial charge in [0, 0.05) is 32.5 Å². The molecular formula is C13H9BrN2O. The van der Waals surface area contributed by atoms with Gasteiger partial charge < -0.3 is 11.5 Å². The fourth-order valence-corrected chi connectivity index (χ4v) is 2.88. The zero-order valence-corrected chi connectivity index (χ0v) is 10.4. The summed E-state index contributed by atoms with van der Waals surface area (Å²) in [5.74, 6) is -0.0182. The molecule has 0 atom stereocenters. The van der Waals surface area contributed by atoms with Crippen LogP contribution < -0.4 is 11.5 Å². The number of hydrogen-bond donors (Lipinski definition) is 2. The lowest BCUT2D eigenvalue weighted by Gasteiger charge is -2.04. The Hall–Kier alpha value is -1.81. The van der Waals surface area contributed by atoms with Crippen LogP contribution in [0.2, 0.25) is 0 Å². The Morgan fingerprint density at radius 2 is 1.59 bits per heavy atom. The summed E-state index contributed by atoms with van der Waals surface area (Å²) in [5.41, 5.74) is 15.7. The van der Waals surface area contributed by atoms with E-state index in [0.717, 1.165) is 15.6 Å². The zero-order chi connectivity index (χ0) is 12.2. The van der Waals surface area contributed by atoms with Crippen molar-refractivity contribution in [1.29, 1.82) is 0 Å². The van der Waals surface area contributed by atoms with E-state index in [1.54, 1.807) is 24.3 Å². The molecule has 4 N–H and O–H groups in total. The second-order valence-corrected chi connectivity index (χ2v) is 4.91. The number of rotatable bonds is 0. The second-order valence-electron chi connectivity index (χ2n) is 4.06. The molecule has 4 heteroatoms. The number of anilines is 2. The Labute approximate surface area is 107 Å². The normalized spacial score (nSPS) is 12.4. The van der Waals surface area contributed by atoms with Crippen molar-refractivity contribution < 1.29 is 4.79 Å². The monoisotopic (exact) mass is 288 g/mol. The van der Waals surface area contributed by atoms with Gasteiger partial charge in [-0.1, -0.05) is 22.0 Å². The smallest absolute Gasteiger partial charge is 0.194 e. The molecule has 0 heterocycles. The molecule has 84 valence electrons. The lowest BCUT2D eigenvalue weighted by molar-refractivity contribution is 0.104. The van der Waals surface area contributed by atoms with Gasteiger partial charge >= 0.3 is 0 Å². The van der Waals surface area contributed by atoms with Gasteiger partial charge in [0.15, 0.2) is 5.78 Å². The summed E-state index contributed by atoms with van der Waals surface area (Å²) >= 11 is 3.45. The number of nitrogen functional groups attached to an aromatic ring is 2. The molecule has 1 aliphatic carbocycles. The van der Waals surface area contributed by atoms with Crippen molar-refractivity contribution in [2.75, 3.05) is 11.5 Å². The Morgan fingerprint density at radius 1 is 0.882 bits per heavy atom. The highest BCUT2D eigenvalue weighted by Crippen LogP contribution is 2.42. The van der Waals surface area contributed by atoms with Crippen LogP contribution in [0.15, 0.2) is 34.8 Å². The van der Waals surface area contributed by atoms with Crippen molar-refractivity contribution in [1.82, 2.24) is 0 Å². The third-order valence-electron chi connectivity index (χ3n) is 2.91. The average Bonchev–Trinajstić information content (AvgIpc) is 2.53. The number of hydrogen-bond acceptors (Lipinski definition) is 3. The number of carbonyl (C=O) groups excluding carboxylic acids is 1. The van der Waals surface area contributed by atoms with Crippen LogP contribution in [0.1, 0.15) is 15.9 Å². The minimum atomic E-state index is -0.0182. The van der Waals surface area contributed by atoms with E-state index in [-0.39, 0.29) is 5.78 Å². The van der Waals surface area contributed by atoms with Gasteiger partial charge in [-0.05, 0) is 29.8 Å². The lowest BCUT2D eigenvalue weighted by atomic mass is 10.1. The molecule has 0 aliphatic heterocycles. The first-order chi connectivity index (χ1) is 8.08.